The summed E-state index contributed by atoms with van der Waals surface area (Å²) in [7, 11) is 1.74. The van der Waals surface area contributed by atoms with Crippen LogP contribution in [0, 0.1) is 0 Å². The van der Waals surface area contributed by atoms with Gasteiger partial charge in [0, 0.05) is 18.3 Å². The highest BCUT2D eigenvalue weighted by Gasteiger charge is 2.24. The number of hydrogen-bond acceptors (Lipinski definition) is 1. The van der Waals surface area contributed by atoms with E-state index in [1.54, 1.807) is 11.9 Å². The summed E-state index contributed by atoms with van der Waals surface area (Å²) in [4.78, 5) is 12.7. The Balaban J connectivity index is 3.11. The molecule has 1 amide bonds. The SMILES string of the molecule is C=C1C(C)=C(C)C(=O)N1C. The third-order valence-electron chi connectivity index (χ3n) is 2.03. The highest BCUT2D eigenvalue weighted by molar-refractivity contribution is 5.99. The number of rotatable bonds is 0. The van der Waals surface area contributed by atoms with Crippen LogP contribution >= 0.6 is 0 Å². The quantitative estimate of drug-likeness (QED) is 0.493. The molecule has 1 aliphatic rings. The molecule has 0 aromatic carbocycles. The van der Waals surface area contributed by atoms with Crippen LogP contribution < -0.4 is 0 Å². The lowest BCUT2D eigenvalue weighted by Crippen LogP contribution is -2.19. The zero-order valence-electron chi connectivity index (χ0n) is 6.56. The van der Waals surface area contributed by atoms with Crippen molar-refractivity contribution in [3.63, 3.8) is 0 Å². The van der Waals surface area contributed by atoms with Gasteiger partial charge in [-0.15, -0.1) is 0 Å². The molecule has 2 nitrogen and oxygen atoms in total. The first kappa shape index (κ1) is 7.06. The standard InChI is InChI=1S/C8H11NO/c1-5-6(2)8(10)9(4)7(5)3/h3H2,1-2,4H3. The third kappa shape index (κ3) is 0.685. The lowest BCUT2D eigenvalue weighted by atomic mass is 10.2. The minimum Gasteiger partial charge on any atom is -0.312 e. The fourth-order valence-corrected chi connectivity index (χ4v) is 1.00. The number of nitrogens with zero attached hydrogens (tertiary/aromatic N) is 1. The Bertz CT molecular complexity index is 214. The van der Waals surface area contributed by atoms with Gasteiger partial charge in [-0.05, 0) is 19.4 Å². The number of likely N-dealkylation sites (N-methyl/N-ethyl adjacent to an activating group) is 1. The molecule has 0 aromatic rings. The summed E-state index contributed by atoms with van der Waals surface area (Å²) in [5.74, 6) is 0.0718. The first-order chi connectivity index (χ1) is 4.55. The van der Waals surface area contributed by atoms with E-state index in [0.717, 1.165) is 16.8 Å². The highest BCUT2D eigenvalue weighted by Crippen LogP contribution is 2.24. The summed E-state index contributed by atoms with van der Waals surface area (Å²) >= 11 is 0. The molecule has 1 rings (SSSR count). The average molecular weight is 137 g/mol. The van der Waals surface area contributed by atoms with Gasteiger partial charge in [0.15, 0.2) is 0 Å². The Morgan fingerprint density at radius 1 is 1.30 bits per heavy atom. The van der Waals surface area contributed by atoms with Crippen molar-refractivity contribution in [2.45, 2.75) is 13.8 Å². The Hall–Kier alpha value is -1.05. The molecule has 0 atom stereocenters. The first-order valence-electron chi connectivity index (χ1n) is 3.20. The lowest BCUT2D eigenvalue weighted by Gasteiger charge is -2.09. The van der Waals surface area contributed by atoms with E-state index in [9.17, 15) is 4.79 Å². The van der Waals surface area contributed by atoms with E-state index in [0.29, 0.717) is 0 Å². The number of carbonyl (C=O) groups is 1. The van der Waals surface area contributed by atoms with Crippen molar-refractivity contribution in [3.8, 4) is 0 Å². The fourth-order valence-electron chi connectivity index (χ4n) is 1.00. The predicted molar refractivity (Wildman–Crippen MR) is 40.3 cm³/mol. The van der Waals surface area contributed by atoms with Crippen LogP contribution in [0.4, 0.5) is 0 Å². The van der Waals surface area contributed by atoms with Gasteiger partial charge in [-0.1, -0.05) is 6.58 Å². The van der Waals surface area contributed by atoms with Crippen molar-refractivity contribution in [1.29, 1.82) is 0 Å². The lowest BCUT2D eigenvalue weighted by molar-refractivity contribution is -0.123. The summed E-state index contributed by atoms with van der Waals surface area (Å²) in [6.07, 6.45) is 0. The Kier molecular flexibility index (Phi) is 1.39. The second-order valence-corrected chi connectivity index (χ2v) is 2.56. The molecule has 0 spiro atoms. The van der Waals surface area contributed by atoms with Crippen LogP contribution in [0.15, 0.2) is 23.4 Å². The Morgan fingerprint density at radius 2 is 1.80 bits per heavy atom. The maximum atomic E-state index is 11.1. The number of allylic oxidation sites excluding steroid dienone is 1. The van der Waals surface area contributed by atoms with Crippen molar-refractivity contribution in [3.05, 3.63) is 23.4 Å². The smallest absolute Gasteiger partial charge is 0.253 e. The van der Waals surface area contributed by atoms with Gasteiger partial charge in [0.2, 0.25) is 0 Å². The number of carbonyl (C=O) groups excluding carboxylic acids is 1. The Morgan fingerprint density at radius 3 is 1.90 bits per heavy atom. The first-order valence-corrected chi connectivity index (χ1v) is 3.20. The summed E-state index contributed by atoms with van der Waals surface area (Å²) in [5, 5.41) is 0. The van der Waals surface area contributed by atoms with E-state index in [1.807, 2.05) is 13.8 Å². The van der Waals surface area contributed by atoms with Gasteiger partial charge in [-0.2, -0.15) is 0 Å². The van der Waals surface area contributed by atoms with Crippen LogP contribution in [0.1, 0.15) is 13.8 Å². The molecule has 0 aliphatic carbocycles. The van der Waals surface area contributed by atoms with Crippen LogP contribution in [-0.4, -0.2) is 17.9 Å². The summed E-state index contributed by atoms with van der Waals surface area (Å²) in [6, 6.07) is 0. The third-order valence-corrected chi connectivity index (χ3v) is 2.03. The molecular formula is C8H11NO. The van der Waals surface area contributed by atoms with E-state index >= 15 is 0 Å². The minimum absolute atomic E-state index is 0.0718. The van der Waals surface area contributed by atoms with Gasteiger partial charge in [-0.25, -0.2) is 0 Å². The highest BCUT2D eigenvalue weighted by atomic mass is 16.2. The van der Waals surface area contributed by atoms with Crippen LogP contribution in [0.25, 0.3) is 0 Å². The molecule has 0 unspecified atom stereocenters. The van der Waals surface area contributed by atoms with Gasteiger partial charge in [0.25, 0.3) is 5.91 Å². The molecule has 1 aliphatic heterocycles. The normalized spacial score (nSPS) is 19.3. The van der Waals surface area contributed by atoms with Gasteiger partial charge in [0.05, 0.1) is 0 Å². The molecule has 10 heavy (non-hydrogen) atoms. The number of hydrogen-bond donors (Lipinski definition) is 0. The van der Waals surface area contributed by atoms with Crippen LogP contribution in [0.3, 0.4) is 0 Å². The van der Waals surface area contributed by atoms with Crippen molar-refractivity contribution in [1.82, 2.24) is 4.90 Å². The monoisotopic (exact) mass is 137 g/mol. The van der Waals surface area contributed by atoms with Gasteiger partial charge < -0.3 is 4.90 Å². The zero-order valence-corrected chi connectivity index (χ0v) is 6.56. The van der Waals surface area contributed by atoms with Crippen LogP contribution in [-0.2, 0) is 4.79 Å². The van der Waals surface area contributed by atoms with E-state index in [2.05, 4.69) is 6.58 Å². The Labute approximate surface area is 60.8 Å². The molecule has 2 heteroatoms. The van der Waals surface area contributed by atoms with Crippen molar-refractivity contribution < 1.29 is 4.79 Å². The summed E-state index contributed by atoms with van der Waals surface area (Å²) in [5.41, 5.74) is 2.64. The van der Waals surface area contributed by atoms with Gasteiger partial charge >= 0.3 is 0 Å². The van der Waals surface area contributed by atoms with E-state index in [1.165, 1.54) is 0 Å². The predicted octanol–water partition coefficient (Wildman–Crippen LogP) is 1.31. The van der Waals surface area contributed by atoms with Crippen molar-refractivity contribution in [2.24, 2.45) is 0 Å². The van der Waals surface area contributed by atoms with E-state index < -0.39 is 0 Å². The fraction of sp³-hybridized carbons (Fsp3) is 0.375. The van der Waals surface area contributed by atoms with Gasteiger partial charge in [0.1, 0.15) is 0 Å². The van der Waals surface area contributed by atoms with Crippen molar-refractivity contribution >= 4 is 5.91 Å². The molecule has 0 radical (unpaired) electrons. The molecule has 0 N–H and O–H groups in total. The maximum Gasteiger partial charge on any atom is 0.253 e. The molecular weight excluding hydrogens is 126 g/mol. The van der Waals surface area contributed by atoms with E-state index in [-0.39, 0.29) is 5.91 Å². The molecule has 0 aromatic heterocycles. The summed E-state index contributed by atoms with van der Waals surface area (Å²) < 4.78 is 0. The average Bonchev–Trinajstić information content (AvgIpc) is 2.07. The maximum absolute atomic E-state index is 11.1. The minimum atomic E-state index is 0.0718. The summed E-state index contributed by atoms with van der Waals surface area (Å²) in [6.45, 7) is 7.51. The zero-order chi connectivity index (χ0) is 7.89. The largest absolute Gasteiger partial charge is 0.312 e. The van der Waals surface area contributed by atoms with E-state index in [4.69, 9.17) is 0 Å². The second kappa shape index (κ2) is 1.97. The van der Waals surface area contributed by atoms with Crippen molar-refractivity contribution in [2.75, 3.05) is 7.05 Å². The molecule has 0 saturated carbocycles. The van der Waals surface area contributed by atoms with Crippen LogP contribution in [0.5, 0.6) is 0 Å². The number of amides is 1. The van der Waals surface area contributed by atoms with Crippen LogP contribution in [0.2, 0.25) is 0 Å². The van der Waals surface area contributed by atoms with Gasteiger partial charge in [-0.3, -0.25) is 4.79 Å². The topological polar surface area (TPSA) is 20.3 Å². The molecule has 0 fully saturated rings. The molecule has 1 heterocycles. The molecule has 0 bridgehead atoms. The second-order valence-electron chi connectivity index (χ2n) is 2.56. The molecule has 0 saturated heterocycles. The molecule has 54 valence electrons.